The smallest absolute Gasteiger partial charge is 0.224 e. The van der Waals surface area contributed by atoms with Crippen molar-refractivity contribution in [2.75, 3.05) is 26.3 Å². The second kappa shape index (κ2) is 11.0. The number of amides is 2. The molecule has 0 radical (unpaired) electrons. The summed E-state index contributed by atoms with van der Waals surface area (Å²) in [5.41, 5.74) is 0.959. The highest BCUT2D eigenvalue weighted by molar-refractivity contribution is 5.88. The number of morpholine rings is 1. The zero-order valence-corrected chi connectivity index (χ0v) is 17.3. The van der Waals surface area contributed by atoms with E-state index in [1.165, 1.54) is 0 Å². The lowest BCUT2D eigenvalue weighted by Crippen LogP contribution is -2.45. The fourth-order valence-electron chi connectivity index (χ4n) is 4.20. The monoisotopic (exact) mass is 414 g/mol. The molecule has 0 aromatic heterocycles. The van der Waals surface area contributed by atoms with Gasteiger partial charge in [0.2, 0.25) is 11.8 Å². The molecule has 2 amide bonds. The van der Waals surface area contributed by atoms with Crippen LogP contribution in [0.2, 0.25) is 0 Å². The number of benzene rings is 1. The van der Waals surface area contributed by atoms with Crippen LogP contribution in [0.25, 0.3) is 0 Å². The average Bonchev–Trinajstić information content (AvgIpc) is 3.18. The predicted molar refractivity (Wildman–Crippen MR) is 111 cm³/mol. The summed E-state index contributed by atoms with van der Waals surface area (Å²) in [6, 6.07) is 8.84. The van der Waals surface area contributed by atoms with Crippen molar-refractivity contribution >= 4 is 23.9 Å². The van der Waals surface area contributed by atoms with Crippen molar-refractivity contribution in [3.8, 4) is 0 Å². The summed E-state index contributed by atoms with van der Waals surface area (Å²) in [4.78, 5) is 51.0. The molecule has 0 bridgehead atoms. The van der Waals surface area contributed by atoms with Gasteiger partial charge in [-0.15, -0.1) is 0 Å². The first-order chi connectivity index (χ1) is 14.6. The first kappa shape index (κ1) is 22.2. The molecule has 1 saturated carbocycles. The molecule has 3 atom stereocenters. The van der Waals surface area contributed by atoms with Crippen LogP contribution in [0, 0.1) is 11.8 Å². The van der Waals surface area contributed by atoms with Gasteiger partial charge in [0.25, 0.3) is 0 Å². The summed E-state index contributed by atoms with van der Waals surface area (Å²) < 4.78 is 5.30. The van der Waals surface area contributed by atoms with Crippen molar-refractivity contribution in [2.45, 2.75) is 44.6 Å². The number of carbonyl (C=O) groups is 4. The lowest BCUT2D eigenvalue weighted by atomic mass is 9.93. The Bertz CT molecular complexity index is 745. The van der Waals surface area contributed by atoms with Crippen molar-refractivity contribution in [3.63, 3.8) is 0 Å². The van der Waals surface area contributed by atoms with E-state index in [4.69, 9.17) is 4.74 Å². The van der Waals surface area contributed by atoms with Gasteiger partial charge in [-0.1, -0.05) is 30.3 Å². The highest BCUT2D eigenvalue weighted by Gasteiger charge is 2.31. The topological polar surface area (TPSA) is 92.8 Å². The van der Waals surface area contributed by atoms with Crippen molar-refractivity contribution in [1.29, 1.82) is 0 Å². The molecule has 7 heteroatoms. The molecule has 1 aromatic carbocycles. The van der Waals surface area contributed by atoms with Crippen LogP contribution in [0.1, 0.15) is 37.7 Å². The van der Waals surface area contributed by atoms with Crippen LogP contribution >= 0.6 is 0 Å². The molecule has 0 spiro atoms. The van der Waals surface area contributed by atoms with Gasteiger partial charge in [0.15, 0.2) is 0 Å². The lowest BCUT2D eigenvalue weighted by Gasteiger charge is -2.28. The standard InChI is InChI=1S/C23H30N2O5/c26-16-20(14-18-7-4-8-21(18)27)24-23(29)19(13-17-5-2-1-3-6-17)15-22(28)25-9-11-30-12-10-25/h1-3,5-6,16,18-20H,4,7-15H2,(H,24,29)/t18?,19-,20+/m1/s1. The summed E-state index contributed by atoms with van der Waals surface area (Å²) in [5, 5.41) is 2.79. The van der Waals surface area contributed by atoms with Crippen LogP contribution in [0.3, 0.4) is 0 Å². The number of aldehydes is 1. The van der Waals surface area contributed by atoms with Crippen molar-refractivity contribution in [2.24, 2.45) is 11.8 Å². The summed E-state index contributed by atoms with van der Waals surface area (Å²) in [7, 11) is 0. The van der Waals surface area contributed by atoms with Crippen LogP contribution < -0.4 is 5.32 Å². The molecule has 1 aliphatic heterocycles. The molecular formula is C23H30N2O5. The third kappa shape index (κ3) is 6.23. The second-order valence-corrected chi connectivity index (χ2v) is 8.13. The van der Waals surface area contributed by atoms with E-state index in [0.717, 1.165) is 18.4 Å². The second-order valence-electron chi connectivity index (χ2n) is 8.13. The minimum absolute atomic E-state index is 0.0780. The van der Waals surface area contributed by atoms with E-state index in [2.05, 4.69) is 5.32 Å². The van der Waals surface area contributed by atoms with Gasteiger partial charge in [0.1, 0.15) is 12.1 Å². The lowest BCUT2D eigenvalue weighted by molar-refractivity contribution is -0.139. The van der Waals surface area contributed by atoms with Gasteiger partial charge >= 0.3 is 0 Å². The Labute approximate surface area is 177 Å². The maximum atomic E-state index is 13.0. The SMILES string of the molecule is O=C[C@H](CC1CCCC1=O)NC(=O)[C@@H](CC(=O)N1CCOCC1)Cc1ccccc1. The molecular weight excluding hydrogens is 384 g/mol. The van der Waals surface area contributed by atoms with E-state index >= 15 is 0 Å². The fraction of sp³-hybridized carbons (Fsp3) is 0.565. The number of rotatable bonds is 9. The maximum absolute atomic E-state index is 13.0. The maximum Gasteiger partial charge on any atom is 0.224 e. The first-order valence-electron chi connectivity index (χ1n) is 10.7. The van der Waals surface area contributed by atoms with Gasteiger partial charge in [-0.05, 0) is 31.2 Å². The normalized spacial score (nSPS) is 21.1. The number of hydrogen-bond donors (Lipinski definition) is 1. The minimum atomic E-state index is -0.707. The summed E-state index contributed by atoms with van der Waals surface area (Å²) in [6.07, 6.45) is 3.69. The van der Waals surface area contributed by atoms with Crippen LogP contribution in [-0.2, 0) is 30.3 Å². The van der Waals surface area contributed by atoms with E-state index < -0.39 is 12.0 Å². The van der Waals surface area contributed by atoms with E-state index in [1.54, 1.807) is 4.90 Å². The van der Waals surface area contributed by atoms with E-state index in [9.17, 15) is 19.2 Å². The Hall–Kier alpha value is -2.54. The zero-order chi connectivity index (χ0) is 21.3. The van der Waals surface area contributed by atoms with Crippen molar-refractivity contribution in [1.82, 2.24) is 10.2 Å². The first-order valence-corrected chi connectivity index (χ1v) is 10.7. The zero-order valence-electron chi connectivity index (χ0n) is 17.3. The van der Waals surface area contributed by atoms with Crippen LogP contribution in [0.5, 0.6) is 0 Å². The number of ketones is 1. The average molecular weight is 415 g/mol. The molecule has 7 nitrogen and oxygen atoms in total. The Kier molecular flexibility index (Phi) is 8.13. The van der Waals surface area contributed by atoms with Crippen LogP contribution in [0.15, 0.2) is 30.3 Å². The Morgan fingerprint density at radius 1 is 1.20 bits per heavy atom. The van der Waals surface area contributed by atoms with E-state index in [1.807, 2.05) is 30.3 Å². The molecule has 2 fully saturated rings. The predicted octanol–water partition coefficient (Wildman–Crippen LogP) is 1.54. The Morgan fingerprint density at radius 3 is 2.57 bits per heavy atom. The molecule has 2 aliphatic rings. The van der Waals surface area contributed by atoms with E-state index in [-0.39, 0.29) is 29.9 Å². The van der Waals surface area contributed by atoms with Gasteiger partial charge in [0.05, 0.1) is 25.2 Å². The fourth-order valence-corrected chi connectivity index (χ4v) is 4.20. The van der Waals surface area contributed by atoms with Gasteiger partial charge in [0, 0.05) is 31.8 Å². The van der Waals surface area contributed by atoms with Gasteiger partial charge < -0.3 is 19.7 Å². The van der Waals surface area contributed by atoms with Crippen molar-refractivity contribution in [3.05, 3.63) is 35.9 Å². The highest BCUT2D eigenvalue weighted by atomic mass is 16.5. The number of ether oxygens (including phenoxy) is 1. The number of hydrogen-bond acceptors (Lipinski definition) is 5. The van der Waals surface area contributed by atoms with Gasteiger partial charge in [-0.3, -0.25) is 14.4 Å². The molecule has 1 aliphatic carbocycles. The largest absolute Gasteiger partial charge is 0.378 e. The highest BCUT2D eigenvalue weighted by Crippen LogP contribution is 2.25. The summed E-state index contributed by atoms with van der Waals surface area (Å²) >= 11 is 0. The molecule has 1 unspecified atom stereocenters. The number of nitrogens with one attached hydrogen (secondary N) is 1. The summed E-state index contributed by atoms with van der Waals surface area (Å²) in [6.45, 7) is 2.06. The third-order valence-electron chi connectivity index (χ3n) is 5.94. The molecule has 1 heterocycles. The molecule has 1 N–H and O–H groups in total. The van der Waals surface area contributed by atoms with Crippen LogP contribution in [-0.4, -0.2) is 61.1 Å². The summed E-state index contributed by atoms with van der Waals surface area (Å²) in [5.74, 6) is -0.974. The van der Waals surface area contributed by atoms with Gasteiger partial charge in [-0.25, -0.2) is 0 Å². The molecule has 162 valence electrons. The van der Waals surface area contributed by atoms with E-state index in [0.29, 0.717) is 51.9 Å². The number of nitrogens with zero attached hydrogens (tertiary/aromatic N) is 1. The van der Waals surface area contributed by atoms with Crippen LogP contribution in [0.4, 0.5) is 0 Å². The number of Topliss-reactive ketones (excluding diaryl/α,β-unsaturated/α-hetero) is 1. The van der Waals surface area contributed by atoms with Gasteiger partial charge in [-0.2, -0.15) is 0 Å². The molecule has 1 aromatic rings. The minimum Gasteiger partial charge on any atom is -0.378 e. The quantitative estimate of drug-likeness (QED) is 0.619. The Balaban J connectivity index is 1.65. The van der Waals surface area contributed by atoms with Crippen molar-refractivity contribution < 1.29 is 23.9 Å². The third-order valence-corrected chi connectivity index (χ3v) is 5.94. The Morgan fingerprint density at radius 2 is 1.93 bits per heavy atom. The molecule has 30 heavy (non-hydrogen) atoms. The molecule has 3 rings (SSSR count). The number of carbonyl (C=O) groups excluding carboxylic acids is 4. The molecule has 1 saturated heterocycles.